The van der Waals surface area contributed by atoms with Gasteiger partial charge in [0.1, 0.15) is 16.3 Å². The number of para-hydroxylation sites is 1. The van der Waals surface area contributed by atoms with E-state index in [0.717, 1.165) is 15.6 Å². The van der Waals surface area contributed by atoms with Crippen molar-refractivity contribution in [3.63, 3.8) is 0 Å². The van der Waals surface area contributed by atoms with E-state index in [4.69, 9.17) is 9.47 Å². The Hall–Kier alpha value is -2.64. The summed E-state index contributed by atoms with van der Waals surface area (Å²) >= 11 is 4.68. The van der Waals surface area contributed by atoms with Crippen LogP contribution in [0.25, 0.3) is 11.1 Å². The Labute approximate surface area is 175 Å². The van der Waals surface area contributed by atoms with Crippen LogP contribution in [0.4, 0.5) is 5.00 Å². The number of hydrogen-bond donors (Lipinski definition) is 1. The molecule has 0 saturated carbocycles. The van der Waals surface area contributed by atoms with Gasteiger partial charge in [-0.3, -0.25) is 4.79 Å². The van der Waals surface area contributed by atoms with Crippen LogP contribution in [0.3, 0.4) is 0 Å². The van der Waals surface area contributed by atoms with Gasteiger partial charge in [-0.2, -0.15) is 0 Å². The third kappa shape index (κ3) is 4.99. The van der Waals surface area contributed by atoms with Gasteiger partial charge in [0.25, 0.3) is 5.91 Å². The third-order valence-electron chi connectivity index (χ3n) is 3.79. The molecule has 1 amide bonds. The molecule has 0 spiro atoms. The van der Waals surface area contributed by atoms with Gasteiger partial charge in [-0.1, -0.05) is 46.3 Å². The zero-order valence-corrected chi connectivity index (χ0v) is 17.5. The van der Waals surface area contributed by atoms with Crippen LogP contribution in [-0.2, 0) is 9.53 Å². The molecule has 0 radical (unpaired) electrons. The van der Waals surface area contributed by atoms with Gasteiger partial charge in [0.15, 0.2) is 6.61 Å². The van der Waals surface area contributed by atoms with E-state index >= 15 is 0 Å². The van der Waals surface area contributed by atoms with Crippen molar-refractivity contribution in [3.8, 4) is 16.9 Å². The molecule has 0 atom stereocenters. The van der Waals surface area contributed by atoms with Crippen molar-refractivity contribution in [1.29, 1.82) is 0 Å². The monoisotopic (exact) mass is 459 g/mol. The number of carbonyl (C=O) groups excluding carboxylic acids is 2. The summed E-state index contributed by atoms with van der Waals surface area (Å²) in [5, 5.41) is 5.05. The van der Waals surface area contributed by atoms with Gasteiger partial charge in [-0.05, 0) is 36.8 Å². The van der Waals surface area contributed by atoms with Crippen molar-refractivity contribution in [1.82, 2.24) is 0 Å². The van der Waals surface area contributed by atoms with Gasteiger partial charge in [-0.25, -0.2) is 4.79 Å². The van der Waals surface area contributed by atoms with E-state index < -0.39 is 5.97 Å². The second-order valence-corrected chi connectivity index (χ2v) is 7.53. The number of thiophene rings is 1. The Kier molecular flexibility index (Phi) is 6.84. The SMILES string of the molecule is CCOC(=O)c1c(-c2ccc(Br)cc2)csc1NC(=O)COc1ccccc1. The molecule has 3 rings (SSSR count). The molecule has 1 heterocycles. The second kappa shape index (κ2) is 9.52. The number of esters is 1. The number of ether oxygens (including phenoxy) is 2. The maximum Gasteiger partial charge on any atom is 0.341 e. The summed E-state index contributed by atoms with van der Waals surface area (Å²) in [6, 6.07) is 16.7. The minimum absolute atomic E-state index is 0.155. The predicted octanol–water partition coefficient (Wildman–Crippen LogP) is 5.37. The van der Waals surface area contributed by atoms with E-state index in [2.05, 4.69) is 21.2 Å². The summed E-state index contributed by atoms with van der Waals surface area (Å²) in [6.07, 6.45) is 0. The highest BCUT2D eigenvalue weighted by Gasteiger charge is 2.23. The lowest BCUT2D eigenvalue weighted by Gasteiger charge is -2.10. The van der Waals surface area contributed by atoms with Gasteiger partial charge >= 0.3 is 5.97 Å². The van der Waals surface area contributed by atoms with E-state index in [1.54, 1.807) is 19.1 Å². The lowest BCUT2D eigenvalue weighted by atomic mass is 10.0. The zero-order valence-electron chi connectivity index (χ0n) is 15.1. The van der Waals surface area contributed by atoms with Crippen LogP contribution in [-0.4, -0.2) is 25.1 Å². The van der Waals surface area contributed by atoms with Crippen molar-refractivity contribution < 1.29 is 19.1 Å². The molecule has 3 aromatic rings. The third-order valence-corrected chi connectivity index (χ3v) is 5.22. The summed E-state index contributed by atoms with van der Waals surface area (Å²) < 4.78 is 11.6. The van der Waals surface area contributed by atoms with Crippen LogP contribution in [0.5, 0.6) is 5.75 Å². The number of amides is 1. The smallest absolute Gasteiger partial charge is 0.341 e. The highest BCUT2D eigenvalue weighted by molar-refractivity contribution is 9.10. The van der Waals surface area contributed by atoms with Crippen molar-refractivity contribution in [2.75, 3.05) is 18.5 Å². The first-order chi connectivity index (χ1) is 13.6. The molecule has 0 unspecified atom stereocenters. The first-order valence-electron chi connectivity index (χ1n) is 8.60. The van der Waals surface area contributed by atoms with Crippen LogP contribution in [0.1, 0.15) is 17.3 Å². The molecule has 1 N–H and O–H groups in total. The topological polar surface area (TPSA) is 64.6 Å². The van der Waals surface area contributed by atoms with Crippen LogP contribution in [0, 0.1) is 0 Å². The fraction of sp³-hybridized carbons (Fsp3) is 0.143. The van der Waals surface area contributed by atoms with E-state index in [0.29, 0.717) is 16.3 Å². The fourth-order valence-electron chi connectivity index (χ4n) is 2.53. The Balaban J connectivity index is 1.80. The van der Waals surface area contributed by atoms with Crippen LogP contribution in [0.15, 0.2) is 64.5 Å². The molecule has 0 aliphatic heterocycles. The number of nitrogens with one attached hydrogen (secondary N) is 1. The lowest BCUT2D eigenvalue weighted by molar-refractivity contribution is -0.118. The Morgan fingerprint density at radius 2 is 1.79 bits per heavy atom. The van der Waals surface area contributed by atoms with Crippen molar-refractivity contribution in [2.24, 2.45) is 0 Å². The lowest BCUT2D eigenvalue weighted by Crippen LogP contribution is -2.21. The molecule has 0 bridgehead atoms. The number of rotatable bonds is 7. The van der Waals surface area contributed by atoms with E-state index in [9.17, 15) is 9.59 Å². The van der Waals surface area contributed by atoms with Crippen LogP contribution < -0.4 is 10.1 Å². The number of carbonyl (C=O) groups is 2. The molecule has 28 heavy (non-hydrogen) atoms. The molecule has 7 heteroatoms. The molecular formula is C21H18BrNO4S. The Morgan fingerprint density at radius 1 is 1.07 bits per heavy atom. The van der Waals surface area contributed by atoms with E-state index in [1.807, 2.05) is 47.8 Å². The molecule has 5 nitrogen and oxygen atoms in total. The molecule has 2 aromatic carbocycles. The minimum atomic E-state index is -0.471. The zero-order chi connectivity index (χ0) is 19.9. The molecule has 0 aliphatic rings. The van der Waals surface area contributed by atoms with E-state index in [-0.39, 0.29) is 19.1 Å². The minimum Gasteiger partial charge on any atom is -0.484 e. The fourth-order valence-corrected chi connectivity index (χ4v) is 3.76. The maximum atomic E-state index is 12.5. The number of anilines is 1. The van der Waals surface area contributed by atoms with Gasteiger partial charge < -0.3 is 14.8 Å². The highest BCUT2D eigenvalue weighted by atomic mass is 79.9. The predicted molar refractivity (Wildman–Crippen MR) is 114 cm³/mol. The van der Waals surface area contributed by atoms with Crippen LogP contribution >= 0.6 is 27.3 Å². The first kappa shape index (κ1) is 20.1. The summed E-state index contributed by atoms with van der Waals surface area (Å²) in [5.41, 5.74) is 1.93. The Morgan fingerprint density at radius 3 is 2.46 bits per heavy atom. The Bertz CT molecular complexity index is 954. The van der Waals surface area contributed by atoms with Crippen LogP contribution in [0.2, 0.25) is 0 Å². The normalized spacial score (nSPS) is 10.4. The average molecular weight is 460 g/mol. The second-order valence-electron chi connectivity index (χ2n) is 5.73. The average Bonchev–Trinajstić information content (AvgIpc) is 3.11. The standard InChI is InChI=1S/C21H18BrNO4S/c1-2-26-21(25)19-17(14-8-10-15(22)11-9-14)13-28-20(19)23-18(24)12-27-16-6-4-3-5-7-16/h3-11,13H,2,12H2,1H3,(H,23,24). The maximum absolute atomic E-state index is 12.5. The molecule has 1 aromatic heterocycles. The summed E-state index contributed by atoms with van der Waals surface area (Å²) in [6.45, 7) is 1.84. The quantitative estimate of drug-likeness (QED) is 0.482. The van der Waals surface area contributed by atoms with Gasteiger partial charge in [0.2, 0.25) is 0 Å². The highest BCUT2D eigenvalue weighted by Crippen LogP contribution is 2.36. The van der Waals surface area contributed by atoms with Gasteiger partial charge in [0, 0.05) is 15.4 Å². The molecule has 0 saturated heterocycles. The van der Waals surface area contributed by atoms with Crippen molar-refractivity contribution in [2.45, 2.75) is 6.92 Å². The summed E-state index contributed by atoms with van der Waals surface area (Å²) in [5.74, 6) is -0.218. The van der Waals surface area contributed by atoms with Gasteiger partial charge in [-0.15, -0.1) is 11.3 Å². The van der Waals surface area contributed by atoms with E-state index in [1.165, 1.54) is 11.3 Å². The number of hydrogen-bond acceptors (Lipinski definition) is 5. The largest absolute Gasteiger partial charge is 0.484 e. The van der Waals surface area contributed by atoms with Crippen molar-refractivity contribution >= 4 is 44.1 Å². The number of benzene rings is 2. The summed E-state index contributed by atoms with van der Waals surface area (Å²) in [4.78, 5) is 24.9. The number of halogens is 1. The first-order valence-corrected chi connectivity index (χ1v) is 10.3. The molecule has 144 valence electrons. The van der Waals surface area contributed by atoms with Crippen molar-refractivity contribution in [3.05, 3.63) is 70.0 Å². The van der Waals surface area contributed by atoms with Gasteiger partial charge in [0.05, 0.1) is 6.61 Å². The molecule has 0 aliphatic carbocycles. The summed E-state index contributed by atoms with van der Waals surface area (Å²) in [7, 11) is 0. The molecular weight excluding hydrogens is 442 g/mol. The molecule has 0 fully saturated rings.